The fraction of sp³-hybridized carbons (Fsp3) is 0.600. The molecule has 0 spiro atoms. The number of rotatable bonds is 2. The molecule has 0 aromatic heterocycles. The van der Waals surface area contributed by atoms with Crippen LogP contribution in [0.15, 0.2) is 35.5 Å². The van der Waals surface area contributed by atoms with Crippen LogP contribution in [0.3, 0.4) is 0 Å². The van der Waals surface area contributed by atoms with Crippen molar-refractivity contribution in [1.29, 1.82) is 0 Å². The lowest BCUT2D eigenvalue weighted by molar-refractivity contribution is 0.311. The van der Waals surface area contributed by atoms with Gasteiger partial charge in [0.2, 0.25) is 0 Å². The Labute approximate surface area is 99.6 Å². The van der Waals surface area contributed by atoms with Crippen LogP contribution in [0.25, 0.3) is 0 Å². The van der Waals surface area contributed by atoms with Crippen molar-refractivity contribution in [2.75, 3.05) is 6.61 Å². The summed E-state index contributed by atoms with van der Waals surface area (Å²) in [5.74, 6) is 0.446. The summed E-state index contributed by atoms with van der Waals surface area (Å²) in [6, 6.07) is 0. The second kappa shape index (κ2) is 6.70. The van der Waals surface area contributed by atoms with Crippen molar-refractivity contribution >= 4 is 0 Å². The average Bonchev–Trinajstić information content (AvgIpc) is 2.28. The van der Waals surface area contributed by atoms with Gasteiger partial charge in [-0.05, 0) is 57.4 Å². The lowest BCUT2D eigenvalue weighted by Crippen LogP contribution is -2.07. The Kier molecular flexibility index (Phi) is 5.54. The fourth-order valence-electron chi connectivity index (χ4n) is 2.11. The van der Waals surface area contributed by atoms with Gasteiger partial charge in [0.1, 0.15) is 0 Å². The lowest BCUT2D eigenvalue weighted by atomic mass is 9.88. The van der Waals surface area contributed by atoms with Gasteiger partial charge in [0.05, 0.1) is 6.61 Å². The summed E-state index contributed by atoms with van der Waals surface area (Å²) in [5, 5.41) is 9.17. The van der Waals surface area contributed by atoms with Crippen molar-refractivity contribution in [2.24, 2.45) is 5.92 Å². The molecule has 0 aliphatic heterocycles. The second-order valence-corrected chi connectivity index (χ2v) is 4.93. The van der Waals surface area contributed by atoms with E-state index in [0.717, 1.165) is 31.3 Å². The minimum absolute atomic E-state index is 0.125. The molecule has 1 rings (SSSR count). The van der Waals surface area contributed by atoms with E-state index in [-0.39, 0.29) is 6.61 Å². The fourth-order valence-corrected chi connectivity index (χ4v) is 2.11. The van der Waals surface area contributed by atoms with Crippen molar-refractivity contribution < 1.29 is 5.11 Å². The van der Waals surface area contributed by atoms with Gasteiger partial charge in [-0.25, -0.2) is 0 Å². The quantitative estimate of drug-likeness (QED) is 0.697. The molecule has 16 heavy (non-hydrogen) atoms. The van der Waals surface area contributed by atoms with E-state index in [1.54, 1.807) is 0 Å². The number of hydrogen-bond acceptors (Lipinski definition) is 1. The number of allylic oxidation sites excluding steroid dienone is 4. The molecular weight excluding hydrogens is 196 g/mol. The molecule has 0 aromatic carbocycles. The molecule has 0 bridgehead atoms. The molecule has 1 nitrogen and oxygen atoms in total. The minimum Gasteiger partial charge on any atom is -0.392 e. The van der Waals surface area contributed by atoms with Gasteiger partial charge in [-0.2, -0.15) is 0 Å². The highest BCUT2D eigenvalue weighted by Crippen LogP contribution is 2.25. The molecule has 1 atom stereocenters. The summed E-state index contributed by atoms with van der Waals surface area (Å²) >= 11 is 0. The van der Waals surface area contributed by atoms with Gasteiger partial charge in [0.15, 0.2) is 0 Å². The third kappa shape index (κ3) is 4.36. The topological polar surface area (TPSA) is 20.2 Å². The van der Waals surface area contributed by atoms with Crippen LogP contribution in [0.5, 0.6) is 0 Å². The molecule has 0 fully saturated rings. The van der Waals surface area contributed by atoms with E-state index in [1.165, 1.54) is 17.6 Å². The van der Waals surface area contributed by atoms with Crippen LogP contribution in [-0.4, -0.2) is 11.7 Å². The van der Waals surface area contributed by atoms with Crippen LogP contribution in [0.2, 0.25) is 0 Å². The maximum absolute atomic E-state index is 9.17. The first-order valence-corrected chi connectivity index (χ1v) is 6.23. The first-order valence-electron chi connectivity index (χ1n) is 6.23. The first-order chi connectivity index (χ1) is 7.63. The van der Waals surface area contributed by atoms with Crippen molar-refractivity contribution in [2.45, 2.75) is 46.0 Å². The molecule has 0 unspecified atom stereocenters. The Morgan fingerprint density at radius 1 is 1.31 bits per heavy atom. The normalized spacial score (nSPS) is 23.3. The van der Waals surface area contributed by atoms with Crippen molar-refractivity contribution in [3.05, 3.63) is 35.5 Å². The van der Waals surface area contributed by atoms with Crippen molar-refractivity contribution in [3.63, 3.8) is 0 Å². The molecule has 1 aliphatic carbocycles. The smallest absolute Gasteiger partial charge is 0.0641 e. The second-order valence-electron chi connectivity index (χ2n) is 4.93. The zero-order chi connectivity index (χ0) is 12.0. The third-order valence-electron chi connectivity index (χ3n) is 3.45. The molecule has 0 saturated carbocycles. The van der Waals surface area contributed by atoms with Crippen LogP contribution in [0.4, 0.5) is 0 Å². The number of aliphatic hydroxyl groups excluding tert-OH is 1. The summed E-state index contributed by atoms with van der Waals surface area (Å²) in [7, 11) is 0. The summed E-state index contributed by atoms with van der Waals surface area (Å²) < 4.78 is 0. The summed E-state index contributed by atoms with van der Waals surface area (Å²) in [6.07, 6.45) is 10.3. The Balaban J connectivity index is 2.71. The van der Waals surface area contributed by atoms with Crippen LogP contribution in [-0.2, 0) is 0 Å². The third-order valence-corrected chi connectivity index (χ3v) is 3.45. The zero-order valence-corrected chi connectivity index (χ0v) is 10.6. The van der Waals surface area contributed by atoms with E-state index in [2.05, 4.69) is 32.6 Å². The van der Waals surface area contributed by atoms with Gasteiger partial charge in [-0.15, -0.1) is 0 Å². The monoisotopic (exact) mass is 220 g/mol. The first kappa shape index (κ1) is 13.2. The van der Waals surface area contributed by atoms with E-state index in [9.17, 15) is 5.11 Å². The van der Waals surface area contributed by atoms with Crippen LogP contribution in [0, 0.1) is 5.92 Å². The maximum atomic E-state index is 9.17. The number of aliphatic hydroxyl groups is 1. The molecule has 1 N–H and O–H groups in total. The van der Waals surface area contributed by atoms with Gasteiger partial charge in [0.25, 0.3) is 0 Å². The largest absolute Gasteiger partial charge is 0.392 e. The molecule has 0 heterocycles. The Morgan fingerprint density at radius 2 is 2.00 bits per heavy atom. The van der Waals surface area contributed by atoms with E-state index in [0.29, 0.717) is 5.92 Å². The SMILES string of the molecule is C=C(CO)[C@H]1CC=C(C)CCC=C(C)CC1. The summed E-state index contributed by atoms with van der Waals surface area (Å²) in [5.41, 5.74) is 3.92. The molecular formula is C15H24O. The Morgan fingerprint density at radius 3 is 2.69 bits per heavy atom. The average molecular weight is 220 g/mol. The predicted molar refractivity (Wildman–Crippen MR) is 70.3 cm³/mol. The van der Waals surface area contributed by atoms with Crippen molar-refractivity contribution in [1.82, 2.24) is 0 Å². The highest BCUT2D eigenvalue weighted by molar-refractivity contribution is 5.11. The van der Waals surface area contributed by atoms with Crippen LogP contribution >= 0.6 is 0 Å². The molecule has 1 heteroatoms. The lowest BCUT2D eigenvalue weighted by Gasteiger charge is -2.18. The standard InChI is InChI=1S/C15H24O/c1-12-5-4-6-13(2)8-10-15(9-7-12)14(3)11-16/h5,8,15-16H,3-4,6-7,9-11H2,1-2H3/t15-/m1/s1. The Bertz CT molecular complexity index is 297. The van der Waals surface area contributed by atoms with Gasteiger partial charge in [-0.1, -0.05) is 29.9 Å². The van der Waals surface area contributed by atoms with Gasteiger partial charge >= 0.3 is 0 Å². The summed E-state index contributed by atoms with van der Waals surface area (Å²) in [6.45, 7) is 8.51. The predicted octanol–water partition coefficient (Wildman–Crippen LogP) is 4.01. The highest BCUT2D eigenvalue weighted by Gasteiger charge is 2.11. The highest BCUT2D eigenvalue weighted by atomic mass is 16.3. The van der Waals surface area contributed by atoms with Crippen molar-refractivity contribution in [3.8, 4) is 0 Å². The van der Waals surface area contributed by atoms with Crippen LogP contribution < -0.4 is 0 Å². The minimum atomic E-state index is 0.125. The van der Waals surface area contributed by atoms with Gasteiger partial charge < -0.3 is 5.11 Å². The van der Waals surface area contributed by atoms with Gasteiger partial charge in [-0.3, -0.25) is 0 Å². The molecule has 0 amide bonds. The van der Waals surface area contributed by atoms with E-state index in [4.69, 9.17) is 0 Å². The maximum Gasteiger partial charge on any atom is 0.0641 e. The Hall–Kier alpha value is -0.820. The molecule has 0 saturated heterocycles. The van der Waals surface area contributed by atoms with Crippen LogP contribution in [0.1, 0.15) is 46.0 Å². The van der Waals surface area contributed by atoms with E-state index < -0.39 is 0 Å². The van der Waals surface area contributed by atoms with E-state index >= 15 is 0 Å². The number of hydrogen-bond donors (Lipinski definition) is 1. The molecule has 0 aromatic rings. The van der Waals surface area contributed by atoms with Gasteiger partial charge in [0, 0.05) is 0 Å². The molecule has 0 radical (unpaired) electrons. The molecule has 90 valence electrons. The van der Waals surface area contributed by atoms with E-state index in [1.807, 2.05) is 0 Å². The molecule has 1 aliphatic rings. The summed E-state index contributed by atoms with van der Waals surface area (Å²) in [4.78, 5) is 0. The zero-order valence-electron chi connectivity index (χ0n) is 10.6.